The zero-order valence-electron chi connectivity index (χ0n) is 18.7. The van der Waals surface area contributed by atoms with Crippen molar-refractivity contribution in [3.63, 3.8) is 0 Å². The summed E-state index contributed by atoms with van der Waals surface area (Å²) in [6, 6.07) is 0. The second-order valence-corrected chi connectivity index (χ2v) is 7.72. The molecule has 0 spiro atoms. The molecule has 0 aliphatic carbocycles. The number of carbonyl (C=O) groups is 2. The summed E-state index contributed by atoms with van der Waals surface area (Å²) in [5, 5.41) is 0. The fourth-order valence-electron chi connectivity index (χ4n) is 3.36. The molecule has 4 nitrogen and oxygen atoms in total. The smallest absolute Gasteiger partial charge is 0.313 e. The Morgan fingerprint density at radius 1 is 0.714 bits per heavy atom. The number of carbonyl (C=O) groups excluding carboxylic acids is 2. The average Bonchev–Trinajstić information content (AvgIpc) is 2.71. The highest BCUT2D eigenvalue weighted by Gasteiger charge is 2.19. The molecule has 0 saturated heterocycles. The SMILES string of the molecule is CCCCCCCCCCCCCCCCC=CC(CC(=O)OC)C(=O)OC. The molecule has 0 heterocycles. The first kappa shape index (κ1) is 26.7. The number of unbranched alkanes of at least 4 members (excludes halogenated alkanes) is 14. The van der Waals surface area contributed by atoms with Crippen LogP contribution in [0, 0.1) is 5.92 Å². The molecule has 0 saturated carbocycles. The van der Waals surface area contributed by atoms with Gasteiger partial charge in [-0.05, 0) is 12.8 Å². The molecule has 164 valence electrons. The Bertz CT molecular complexity index is 403. The van der Waals surface area contributed by atoms with E-state index >= 15 is 0 Å². The van der Waals surface area contributed by atoms with Crippen LogP contribution in [-0.4, -0.2) is 26.2 Å². The van der Waals surface area contributed by atoms with E-state index in [2.05, 4.69) is 11.7 Å². The summed E-state index contributed by atoms with van der Waals surface area (Å²) in [7, 11) is 2.67. The largest absolute Gasteiger partial charge is 0.469 e. The highest BCUT2D eigenvalue weighted by Crippen LogP contribution is 2.14. The maximum absolute atomic E-state index is 11.7. The second kappa shape index (κ2) is 20.4. The maximum atomic E-state index is 11.7. The number of hydrogen-bond donors (Lipinski definition) is 0. The Balaban J connectivity index is 3.53. The number of methoxy groups -OCH3 is 2. The molecule has 0 rings (SSSR count). The van der Waals surface area contributed by atoms with Gasteiger partial charge in [-0.15, -0.1) is 0 Å². The van der Waals surface area contributed by atoms with Crippen molar-refractivity contribution >= 4 is 11.9 Å². The van der Waals surface area contributed by atoms with Crippen LogP contribution in [0.2, 0.25) is 0 Å². The third kappa shape index (κ3) is 16.8. The van der Waals surface area contributed by atoms with E-state index in [-0.39, 0.29) is 12.4 Å². The van der Waals surface area contributed by atoms with Gasteiger partial charge >= 0.3 is 11.9 Å². The Morgan fingerprint density at radius 2 is 1.18 bits per heavy atom. The highest BCUT2D eigenvalue weighted by atomic mass is 16.5. The molecule has 0 aromatic rings. The van der Waals surface area contributed by atoms with E-state index in [4.69, 9.17) is 4.74 Å². The molecule has 0 aromatic carbocycles. The Hall–Kier alpha value is -1.32. The first-order valence-electron chi connectivity index (χ1n) is 11.5. The molecule has 0 fully saturated rings. The fraction of sp³-hybridized carbons (Fsp3) is 0.833. The number of esters is 2. The number of ether oxygens (including phenoxy) is 2. The summed E-state index contributed by atoms with van der Waals surface area (Å²) >= 11 is 0. The minimum absolute atomic E-state index is 0.0401. The van der Waals surface area contributed by atoms with Crippen molar-refractivity contribution < 1.29 is 19.1 Å². The van der Waals surface area contributed by atoms with Crippen molar-refractivity contribution in [1.82, 2.24) is 0 Å². The molecular weight excluding hydrogens is 352 g/mol. The normalized spacial score (nSPS) is 12.2. The van der Waals surface area contributed by atoms with Crippen molar-refractivity contribution in [3.8, 4) is 0 Å². The standard InChI is InChI=1S/C24H44O4/c1-4-5-6-7-8-9-10-11-12-13-14-15-16-17-18-19-20-22(24(26)28-3)21-23(25)27-2/h19-20,22H,4-18,21H2,1-3H3. The molecule has 0 bridgehead atoms. The summed E-state index contributed by atoms with van der Waals surface area (Å²) in [5.41, 5.74) is 0. The van der Waals surface area contributed by atoms with Crippen LogP contribution in [0.25, 0.3) is 0 Å². The quantitative estimate of drug-likeness (QED) is 0.137. The zero-order chi connectivity index (χ0) is 20.9. The van der Waals surface area contributed by atoms with Crippen molar-refractivity contribution in [2.75, 3.05) is 14.2 Å². The van der Waals surface area contributed by atoms with E-state index in [1.807, 2.05) is 6.08 Å². The Labute approximate surface area is 173 Å². The van der Waals surface area contributed by atoms with Crippen LogP contribution in [0.1, 0.15) is 110 Å². The van der Waals surface area contributed by atoms with Crippen LogP contribution < -0.4 is 0 Å². The summed E-state index contributed by atoms with van der Waals surface area (Å²) in [5.74, 6) is -1.32. The van der Waals surface area contributed by atoms with Gasteiger partial charge in [-0.3, -0.25) is 9.59 Å². The molecule has 0 amide bonds. The summed E-state index contributed by atoms with van der Waals surface area (Å²) in [6.45, 7) is 2.27. The minimum atomic E-state index is -0.538. The van der Waals surface area contributed by atoms with E-state index in [0.717, 1.165) is 12.8 Å². The number of hydrogen-bond acceptors (Lipinski definition) is 4. The van der Waals surface area contributed by atoms with Crippen LogP contribution in [0.4, 0.5) is 0 Å². The van der Waals surface area contributed by atoms with Gasteiger partial charge in [0, 0.05) is 0 Å². The van der Waals surface area contributed by atoms with Crippen LogP contribution in [-0.2, 0) is 19.1 Å². The lowest BCUT2D eigenvalue weighted by Crippen LogP contribution is -2.18. The molecule has 28 heavy (non-hydrogen) atoms. The molecule has 0 aliphatic heterocycles. The minimum Gasteiger partial charge on any atom is -0.469 e. The molecule has 1 unspecified atom stereocenters. The Kier molecular flexibility index (Phi) is 19.5. The summed E-state index contributed by atoms with van der Waals surface area (Å²) in [6.07, 6.45) is 23.7. The van der Waals surface area contributed by atoms with Gasteiger partial charge in [-0.2, -0.15) is 0 Å². The Morgan fingerprint density at radius 3 is 1.61 bits per heavy atom. The first-order chi connectivity index (χ1) is 13.7. The predicted octanol–water partition coefficient (Wildman–Crippen LogP) is 6.77. The fourth-order valence-corrected chi connectivity index (χ4v) is 3.36. The van der Waals surface area contributed by atoms with Gasteiger partial charge < -0.3 is 9.47 Å². The lowest BCUT2D eigenvalue weighted by atomic mass is 10.0. The van der Waals surface area contributed by atoms with Crippen molar-refractivity contribution in [3.05, 3.63) is 12.2 Å². The third-order valence-electron chi connectivity index (χ3n) is 5.21. The van der Waals surface area contributed by atoms with Gasteiger partial charge in [0.05, 0.1) is 26.6 Å². The first-order valence-corrected chi connectivity index (χ1v) is 11.5. The van der Waals surface area contributed by atoms with E-state index in [1.165, 1.54) is 97.7 Å². The van der Waals surface area contributed by atoms with E-state index in [0.29, 0.717) is 0 Å². The predicted molar refractivity (Wildman–Crippen MR) is 116 cm³/mol. The zero-order valence-corrected chi connectivity index (χ0v) is 18.7. The van der Waals surface area contributed by atoms with Crippen LogP contribution in [0.15, 0.2) is 12.2 Å². The number of rotatable bonds is 19. The van der Waals surface area contributed by atoms with Crippen molar-refractivity contribution in [2.24, 2.45) is 5.92 Å². The van der Waals surface area contributed by atoms with Gasteiger partial charge in [0.15, 0.2) is 0 Å². The number of allylic oxidation sites excluding steroid dienone is 1. The lowest BCUT2D eigenvalue weighted by molar-refractivity contribution is -0.150. The average molecular weight is 397 g/mol. The highest BCUT2D eigenvalue weighted by molar-refractivity contribution is 5.81. The van der Waals surface area contributed by atoms with Crippen molar-refractivity contribution in [2.45, 2.75) is 110 Å². The molecule has 0 aromatic heterocycles. The lowest BCUT2D eigenvalue weighted by Gasteiger charge is -2.08. The van der Waals surface area contributed by atoms with E-state index in [9.17, 15) is 9.59 Å². The van der Waals surface area contributed by atoms with Crippen LogP contribution in [0.5, 0.6) is 0 Å². The van der Waals surface area contributed by atoms with Crippen molar-refractivity contribution in [1.29, 1.82) is 0 Å². The molecule has 0 radical (unpaired) electrons. The maximum Gasteiger partial charge on any atom is 0.313 e. The molecule has 0 N–H and O–H groups in total. The molecule has 1 atom stereocenters. The van der Waals surface area contributed by atoms with Gasteiger partial charge in [0.25, 0.3) is 0 Å². The van der Waals surface area contributed by atoms with E-state index < -0.39 is 11.9 Å². The van der Waals surface area contributed by atoms with Crippen LogP contribution >= 0.6 is 0 Å². The second-order valence-electron chi connectivity index (χ2n) is 7.72. The molecular formula is C24H44O4. The van der Waals surface area contributed by atoms with Gasteiger partial charge in [-0.25, -0.2) is 0 Å². The summed E-state index contributed by atoms with van der Waals surface area (Å²) < 4.78 is 9.37. The monoisotopic (exact) mass is 396 g/mol. The molecule has 4 heteroatoms. The molecule has 0 aliphatic rings. The van der Waals surface area contributed by atoms with Gasteiger partial charge in [0.2, 0.25) is 0 Å². The summed E-state index contributed by atoms with van der Waals surface area (Å²) in [4.78, 5) is 23.0. The van der Waals surface area contributed by atoms with E-state index in [1.54, 1.807) is 6.08 Å². The van der Waals surface area contributed by atoms with Crippen LogP contribution in [0.3, 0.4) is 0 Å². The topological polar surface area (TPSA) is 52.6 Å². The van der Waals surface area contributed by atoms with Gasteiger partial charge in [-0.1, -0.05) is 103 Å². The van der Waals surface area contributed by atoms with Gasteiger partial charge in [0.1, 0.15) is 0 Å². The third-order valence-corrected chi connectivity index (χ3v) is 5.21.